The molecular formula is C14H21N3. The molecule has 0 saturated carbocycles. The van der Waals surface area contributed by atoms with E-state index in [-0.39, 0.29) is 0 Å². The van der Waals surface area contributed by atoms with Gasteiger partial charge in [-0.25, -0.2) is 0 Å². The highest BCUT2D eigenvalue weighted by molar-refractivity contribution is 5.60. The molecule has 3 nitrogen and oxygen atoms in total. The van der Waals surface area contributed by atoms with E-state index in [0.29, 0.717) is 17.5 Å². The SMILES string of the molecule is CCC(C)C(C)Nc1cc(C)nc(C)c1C#N. The zero-order valence-electron chi connectivity index (χ0n) is 11.3. The standard InChI is InChI=1S/C14H21N3/c1-6-9(2)11(4)17-14-7-10(3)16-12(5)13(14)8-15/h7,9,11H,6H2,1-5H3,(H,16,17). The highest BCUT2D eigenvalue weighted by Crippen LogP contribution is 2.21. The van der Waals surface area contributed by atoms with Gasteiger partial charge in [-0.05, 0) is 32.8 Å². The Morgan fingerprint density at radius 2 is 2.06 bits per heavy atom. The van der Waals surface area contributed by atoms with Gasteiger partial charge in [-0.2, -0.15) is 5.26 Å². The van der Waals surface area contributed by atoms with Crippen molar-refractivity contribution in [1.82, 2.24) is 4.98 Å². The molecule has 2 unspecified atom stereocenters. The largest absolute Gasteiger partial charge is 0.381 e. The molecule has 0 saturated heterocycles. The van der Waals surface area contributed by atoms with Crippen LogP contribution < -0.4 is 5.32 Å². The fourth-order valence-corrected chi connectivity index (χ4v) is 1.82. The van der Waals surface area contributed by atoms with Gasteiger partial charge in [-0.1, -0.05) is 20.3 Å². The van der Waals surface area contributed by atoms with Gasteiger partial charge in [0.2, 0.25) is 0 Å². The summed E-state index contributed by atoms with van der Waals surface area (Å²) < 4.78 is 0. The fourth-order valence-electron chi connectivity index (χ4n) is 1.82. The molecule has 0 aromatic carbocycles. The molecule has 0 amide bonds. The molecule has 0 fully saturated rings. The van der Waals surface area contributed by atoms with E-state index in [4.69, 9.17) is 5.26 Å². The number of nitrogens with one attached hydrogen (secondary N) is 1. The molecule has 0 aliphatic rings. The first-order chi connectivity index (χ1) is 7.99. The Labute approximate surface area is 104 Å². The van der Waals surface area contributed by atoms with Gasteiger partial charge in [0.05, 0.1) is 16.9 Å². The maximum atomic E-state index is 9.17. The molecule has 0 bridgehead atoms. The molecule has 1 aromatic heterocycles. The van der Waals surface area contributed by atoms with Crippen LogP contribution in [-0.2, 0) is 0 Å². The summed E-state index contributed by atoms with van der Waals surface area (Å²) in [5.41, 5.74) is 3.31. The number of hydrogen-bond donors (Lipinski definition) is 1. The van der Waals surface area contributed by atoms with E-state index in [1.54, 1.807) is 0 Å². The molecule has 1 rings (SSSR count). The Kier molecular flexibility index (Phi) is 4.51. The van der Waals surface area contributed by atoms with Crippen molar-refractivity contribution in [2.75, 3.05) is 5.32 Å². The summed E-state index contributed by atoms with van der Waals surface area (Å²) in [5, 5.41) is 12.6. The topological polar surface area (TPSA) is 48.7 Å². The molecule has 92 valence electrons. The van der Waals surface area contributed by atoms with Gasteiger partial charge in [0.1, 0.15) is 6.07 Å². The molecular weight excluding hydrogens is 210 g/mol. The maximum absolute atomic E-state index is 9.17. The summed E-state index contributed by atoms with van der Waals surface area (Å²) in [7, 11) is 0. The second kappa shape index (κ2) is 5.67. The van der Waals surface area contributed by atoms with Gasteiger partial charge in [-0.15, -0.1) is 0 Å². The second-order valence-electron chi connectivity index (χ2n) is 4.70. The summed E-state index contributed by atoms with van der Waals surface area (Å²) in [4.78, 5) is 4.31. The predicted molar refractivity (Wildman–Crippen MR) is 71.0 cm³/mol. The average Bonchev–Trinajstić information content (AvgIpc) is 2.27. The van der Waals surface area contributed by atoms with Gasteiger partial charge in [-0.3, -0.25) is 4.98 Å². The van der Waals surface area contributed by atoms with Crippen molar-refractivity contribution in [2.45, 2.75) is 47.1 Å². The molecule has 1 aromatic rings. The zero-order chi connectivity index (χ0) is 13.0. The lowest BCUT2D eigenvalue weighted by Crippen LogP contribution is -2.24. The van der Waals surface area contributed by atoms with Gasteiger partial charge in [0.25, 0.3) is 0 Å². The Morgan fingerprint density at radius 3 is 2.59 bits per heavy atom. The van der Waals surface area contributed by atoms with E-state index < -0.39 is 0 Å². The number of hydrogen-bond acceptors (Lipinski definition) is 3. The third kappa shape index (κ3) is 3.20. The van der Waals surface area contributed by atoms with Crippen LogP contribution in [0, 0.1) is 31.1 Å². The van der Waals surface area contributed by atoms with Crippen molar-refractivity contribution in [3.63, 3.8) is 0 Å². The van der Waals surface area contributed by atoms with Gasteiger partial charge < -0.3 is 5.32 Å². The summed E-state index contributed by atoms with van der Waals surface area (Å²) in [6.45, 7) is 10.4. The van der Waals surface area contributed by atoms with Gasteiger partial charge >= 0.3 is 0 Å². The van der Waals surface area contributed by atoms with Crippen LogP contribution in [0.2, 0.25) is 0 Å². The number of pyridine rings is 1. The van der Waals surface area contributed by atoms with E-state index in [1.165, 1.54) is 0 Å². The quantitative estimate of drug-likeness (QED) is 0.863. The van der Waals surface area contributed by atoms with E-state index in [9.17, 15) is 0 Å². The summed E-state index contributed by atoms with van der Waals surface area (Å²) in [6.07, 6.45) is 1.12. The highest BCUT2D eigenvalue weighted by atomic mass is 14.9. The number of nitriles is 1. The Morgan fingerprint density at radius 1 is 1.41 bits per heavy atom. The first-order valence-corrected chi connectivity index (χ1v) is 6.14. The van der Waals surface area contributed by atoms with Crippen molar-refractivity contribution < 1.29 is 0 Å². The van der Waals surface area contributed by atoms with Crippen LogP contribution in [0.1, 0.15) is 44.1 Å². The smallest absolute Gasteiger partial charge is 0.103 e. The van der Waals surface area contributed by atoms with E-state index in [1.807, 2.05) is 19.9 Å². The minimum atomic E-state index is 0.355. The third-order valence-electron chi connectivity index (χ3n) is 3.32. The van der Waals surface area contributed by atoms with Gasteiger partial charge in [0, 0.05) is 11.7 Å². The van der Waals surface area contributed by atoms with Crippen molar-refractivity contribution in [1.29, 1.82) is 5.26 Å². The second-order valence-corrected chi connectivity index (χ2v) is 4.70. The number of rotatable bonds is 4. The number of aromatic nitrogens is 1. The molecule has 1 N–H and O–H groups in total. The number of aryl methyl sites for hydroxylation is 2. The first-order valence-electron chi connectivity index (χ1n) is 6.14. The molecule has 0 aliphatic carbocycles. The first kappa shape index (κ1) is 13.5. The average molecular weight is 231 g/mol. The van der Waals surface area contributed by atoms with Crippen LogP contribution >= 0.6 is 0 Å². The molecule has 3 heteroatoms. The van der Waals surface area contributed by atoms with E-state index >= 15 is 0 Å². The highest BCUT2D eigenvalue weighted by Gasteiger charge is 2.14. The molecule has 0 aliphatic heterocycles. The lowest BCUT2D eigenvalue weighted by atomic mass is 10.00. The van der Waals surface area contributed by atoms with Gasteiger partial charge in [0.15, 0.2) is 0 Å². The summed E-state index contributed by atoms with van der Waals surface area (Å²) in [5.74, 6) is 0.579. The molecule has 0 radical (unpaired) electrons. The predicted octanol–water partition coefficient (Wildman–Crippen LogP) is 3.42. The monoisotopic (exact) mass is 231 g/mol. The van der Waals surface area contributed by atoms with Crippen molar-refractivity contribution in [3.8, 4) is 6.07 Å². The van der Waals surface area contributed by atoms with Crippen LogP contribution in [0.5, 0.6) is 0 Å². The summed E-state index contributed by atoms with van der Waals surface area (Å²) >= 11 is 0. The lowest BCUT2D eigenvalue weighted by molar-refractivity contribution is 0.494. The maximum Gasteiger partial charge on any atom is 0.103 e. The Bertz CT molecular complexity index is 432. The Hall–Kier alpha value is -1.56. The number of anilines is 1. The van der Waals surface area contributed by atoms with Crippen molar-refractivity contribution in [3.05, 3.63) is 23.0 Å². The van der Waals surface area contributed by atoms with Crippen LogP contribution in [0.15, 0.2) is 6.07 Å². The molecule has 0 spiro atoms. The van der Waals surface area contributed by atoms with Crippen LogP contribution in [0.25, 0.3) is 0 Å². The van der Waals surface area contributed by atoms with Crippen molar-refractivity contribution in [2.24, 2.45) is 5.92 Å². The normalized spacial score (nSPS) is 13.9. The molecule has 17 heavy (non-hydrogen) atoms. The van der Waals surface area contributed by atoms with Crippen LogP contribution in [-0.4, -0.2) is 11.0 Å². The fraction of sp³-hybridized carbons (Fsp3) is 0.571. The zero-order valence-corrected chi connectivity index (χ0v) is 11.3. The van der Waals surface area contributed by atoms with Crippen LogP contribution in [0.4, 0.5) is 5.69 Å². The third-order valence-corrected chi connectivity index (χ3v) is 3.32. The molecule has 1 heterocycles. The van der Waals surface area contributed by atoms with Crippen molar-refractivity contribution >= 4 is 5.69 Å². The minimum absolute atomic E-state index is 0.355. The number of nitrogens with zero attached hydrogens (tertiary/aromatic N) is 2. The minimum Gasteiger partial charge on any atom is -0.381 e. The van der Waals surface area contributed by atoms with E-state index in [2.05, 4.69) is 37.1 Å². The lowest BCUT2D eigenvalue weighted by Gasteiger charge is -2.22. The summed E-state index contributed by atoms with van der Waals surface area (Å²) in [6, 6.07) is 4.53. The molecule has 2 atom stereocenters. The Balaban J connectivity index is 3.02. The van der Waals surface area contributed by atoms with E-state index in [0.717, 1.165) is 23.5 Å². The van der Waals surface area contributed by atoms with Crippen LogP contribution in [0.3, 0.4) is 0 Å².